The van der Waals surface area contributed by atoms with Gasteiger partial charge in [-0.25, -0.2) is 13.1 Å². The molecule has 0 fully saturated rings. The fourth-order valence-electron chi connectivity index (χ4n) is 1.49. The van der Waals surface area contributed by atoms with Gasteiger partial charge in [0, 0.05) is 32.4 Å². The molecule has 0 saturated carbocycles. The lowest BCUT2D eigenvalue weighted by Gasteiger charge is -1.99. The monoisotopic (exact) mass is 214 g/mol. The molecule has 6 heteroatoms. The van der Waals surface area contributed by atoms with Gasteiger partial charge in [-0.3, -0.25) is 4.79 Å². The van der Waals surface area contributed by atoms with Gasteiger partial charge < -0.3 is 4.57 Å². The molecule has 1 N–H and O–H groups in total. The van der Waals surface area contributed by atoms with E-state index in [9.17, 15) is 13.2 Å². The molecular formula is C8H10N2O3S. The average molecular weight is 214 g/mol. The van der Waals surface area contributed by atoms with Gasteiger partial charge in [-0.1, -0.05) is 0 Å². The summed E-state index contributed by atoms with van der Waals surface area (Å²) in [6.45, 7) is 0.180. The first-order valence-corrected chi connectivity index (χ1v) is 5.68. The number of nitrogens with one attached hydrogen (secondary N) is 1. The minimum absolute atomic E-state index is 0.0856. The molecule has 14 heavy (non-hydrogen) atoms. The molecule has 0 unspecified atom stereocenters. The van der Waals surface area contributed by atoms with E-state index in [1.54, 1.807) is 17.8 Å². The second-order valence-corrected chi connectivity index (χ2v) is 5.01. The van der Waals surface area contributed by atoms with E-state index in [1.165, 1.54) is 6.20 Å². The van der Waals surface area contributed by atoms with Gasteiger partial charge in [0.1, 0.15) is 4.90 Å². The van der Waals surface area contributed by atoms with E-state index in [0.29, 0.717) is 0 Å². The van der Waals surface area contributed by atoms with E-state index in [-0.39, 0.29) is 29.2 Å². The van der Waals surface area contributed by atoms with E-state index < -0.39 is 10.0 Å². The van der Waals surface area contributed by atoms with Crippen LogP contribution in [0.5, 0.6) is 0 Å². The van der Waals surface area contributed by atoms with Gasteiger partial charge in [0.25, 0.3) is 0 Å². The van der Waals surface area contributed by atoms with Crippen molar-refractivity contribution in [2.24, 2.45) is 7.05 Å². The van der Waals surface area contributed by atoms with Crippen LogP contribution in [0, 0.1) is 0 Å². The first kappa shape index (κ1) is 9.42. The number of Topliss-reactive ketones (excluding diaryl/α,β-unsaturated/α-hetero) is 1. The highest BCUT2D eigenvalue weighted by Crippen LogP contribution is 2.20. The molecular weight excluding hydrogens is 204 g/mol. The molecule has 0 spiro atoms. The molecule has 0 atom stereocenters. The number of ketones is 1. The molecule has 1 aromatic heterocycles. The number of hydrogen-bond donors (Lipinski definition) is 1. The third kappa shape index (κ3) is 1.36. The van der Waals surface area contributed by atoms with Crippen LogP contribution in [0.15, 0.2) is 17.3 Å². The maximum Gasteiger partial charge on any atom is 0.242 e. The summed E-state index contributed by atoms with van der Waals surface area (Å²) >= 11 is 0. The van der Waals surface area contributed by atoms with Crippen molar-refractivity contribution in [1.29, 1.82) is 0 Å². The largest absolute Gasteiger partial charge is 0.355 e. The summed E-state index contributed by atoms with van der Waals surface area (Å²) in [5.74, 6) is -0.130. The van der Waals surface area contributed by atoms with Crippen LogP contribution in [0.3, 0.4) is 0 Å². The molecule has 0 bridgehead atoms. The zero-order valence-electron chi connectivity index (χ0n) is 7.65. The maximum atomic E-state index is 11.6. The summed E-state index contributed by atoms with van der Waals surface area (Å²) < 4.78 is 27.1. The summed E-state index contributed by atoms with van der Waals surface area (Å²) in [4.78, 5) is 11.6. The number of sulfonamides is 1. The van der Waals surface area contributed by atoms with Gasteiger partial charge in [0.2, 0.25) is 10.0 Å². The number of fused-ring (bicyclic) bond motifs is 1. The zero-order valence-corrected chi connectivity index (χ0v) is 8.47. The first-order chi connectivity index (χ1) is 6.50. The van der Waals surface area contributed by atoms with Gasteiger partial charge in [0.15, 0.2) is 5.78 Å². The summed E-state index contributed by atoms with van der Waals surface area (Å²) in [5, 5.41) is 0. The van der Waals surface area contributed by atoms with Crippen molar-refractivity contribution in [3.63, 3.8) is 0 Å². The smallest absolute Gasteiger partial charge is 0.242 e. The molecule has 0 aromatic carbocycles. The molecule has 2 heterocycles. The molecule has 0 radical (unpaired) electrons. The van der Waals surface area contributed by atoms with Crippen LogP contribution < -0.4 is 4.72 Å². The van der Waals surface area contributed by atoms with Crippen LogP contribution in [0.4, 0.5) is 0 Å². The van der Waals surface area contributed by atoms with Crippen LogP contribution in [0.1, 0.15) is 16.8 Å². The Morgan fingerprint density at radius 1 is 1.43 bits per heavy atom. The predicted molar refractivity (Wildman–Crippen MR) is 49.5 cm³/mol. The number of carbonyl (C=O) groups excluding carboxylic acids is 1. The van der Waals surface area contributed by atoms with Gasteiger partial charge in [0.05, 0.1) is 5.56 Å². The second kappa shape index (κ2) is 2.93. The molecule has 0 amide bonds. The Morgan fingerprint density at radius 2 is 2.14 bits per heavy atom. The summed E-state index contributed by atoms with van der Waals surface area (Å²) in [6.07, 6.45) is 3.21. The van der Waals surface area contributed by atoms with E-state index >= 15 is 0 Å². The molecule has 1 aromatic rings. The Kier molecular flexibility index (Phi) is 1.97. The Morgan fingerprint density at radius 3 is 2.86 bits per heavy atom. The van der Waals surface area contributed by atoms with E-state index in [2.05, 4.69) is 4.72 Å². The second-order valence-electron chi connectivity index (χ2n) is 3.27. The number of carbonyl (C=O) groups is 1. The maximum absolute atomic E-state index is 11.6. The lowest BCUT2D eigenvalue weighted by molar-refractivity contribution is 0.0983. The summed E-state index contributed by atoms with van der Waals surface area (Å²) in [6, 6.07) is 0. The van der Waals surface area contributed by atoms with Crippen molar-refractivity contribution in [3.05, 3.63) is 18.0 Å². The average Bonchev–Trinajstić information content (AvgIpc) is 2.43. The van der Waals surface area contributed by atoms with Gasteiger partial charge >= 0.3 is 0 Å². The number of rotatable bonds is 0. The Balaban J connectivity index is 2.70. The number of nitrogens with zero attached hydrogens (tertiary/aromatic N) is 1. The number of aryl methyl sites for hydroxylation is 1. The minimum Gasteiger partial charge on any atom is -0.355 e. The molecule has 76 valence electrons. The van der Waals surface area contributed by atoms with Crippen molar-refractivity contribution in [3.8, 4) is 0 Å². The molecule has 2 rings (SSSR count). The van der Waals surface area contributed by atoms with Crippen LogP contribution >= 0.6 is 0 Å². The van der Waals surface area contributed by atoms with Crippen molar-refractivity contribution < 1.29 is 13.2 Å². The zero-order chi connectivity index (χ0) is 10.3. The third-order valence-electron chi connectivity index (χ3n) is 2.15. The highest BCUT2D eigenvalue weighted by Gasteiger charge is 2.27. The molecule has 0 saturated heterocycles. The van der Waals surface area contributed by atoms with Gasteiger partial charge in [-0.05, 0) is 0 Å². The fraction of sp³-hybridized carbons (Fsp3) is 0.375. The van der Waals surface area contributed by atoms with Crippen molar-refractivity contribution >= 4 is 15.8 Å². The van der Waals surface area contributed by atoms with E-state index in [1.807, 2.05) is 0 Å². The number of hydrogen-bond acceptors (Lipinski definition) is 3. The van der Waals surface area contributed by atoms with Crippen LogP contribution in [0.2, 0.25) is 0 Å². The Labute approximate surface area is 81.8 Å². The lowest BCUT2D eigenvalue weighted by Crippen LogP contribution is -2.23. The fourth-order valence-corrected chi connectivity index (χ4v) is 2.78. The van der Waals surface area contributed by atoms with Gasteiger partial charge in [-0.2, -0.15) is 0 Å². The topological polar surface area (TPSA) is 68.2 Å². The van der Waals surface area contributed by atoms with Crippen LogP contribution in [0.25, 0.3) is 0 Å². The molecule has 0 aliphatic carbocycles. The minimum atomic E-state index is -3.48. The third-order valence-corrected chi connectivity index (χ3v) is 3.64. The Bertz CT molecular complexity index is 487. The SMILES string of the molecule is Cn1cc2c(c1)S(=O)(=O)NCCC2=O. The highest BCUT2D eigenvalue weighted by atomic mass is 32.2. The highest BCUT2D eigenvalue weighted by molar-refractivity contribution is 7.89. The van der Waals surface area contributed by atoms with Crippen molar-refractivity contribution in [1.82, 2.24) is 9.29 Å². The normalized spacial score (nSPS) is 20.2. The lowest BCUT2D eigenvalue weighted by atomic mass is 10.2. The molecule has 1 aliphatic heterocycles. The molecule has 1 aliphatic rings. The predicted octanol–water partition coefficient (Wildman–Crippen LogP) is -0.110. The van der Waals surface area contributed by atoms with E-state index in [4.69, 9.17) is 0 Å². The summed E-state index contributed by atoms with van der Waals surface area (Å²) in [7, 11) is -1.79. The van der Waals surface area contributed by atoms with Gasteiger partial charge in [-0.15, -0.1) is 0 Å². The quantitative estimate of drug-likeness (QED) is 0.655. The van der Waals surface area contributed by atoms with E-state index in [0.717, 1.165) is 0 Å². The van der Waals surface area contributed by atoms with Crippen molar-refractivity contribution in [2.45, 2.75) is 11.3 Å². The summed E-state index contributed by atoms with van der Waals surface area (Å²) in [5.41, 5.74) is 0.289. The van der Waals surface area contributed by atoms with Crippen LogP contribution in [-0.4, -0.2) is 25.3 Å². The Hall–Kier alpha value is -1.14. The van der Waals surface area contributed by atoms with Crippen LogP contribution in [-0.2, 0) is 17.1 Å². The molecule has 5 nitrogen and oxygen atoms in total. The number of aromatic nitrogens is 1. The standard InChI is InChI=1S/C8H10N2O3S/c1-10-4-6-7(11)2-3-9-14(12,13)8(6)5-10/h4-5,9H,2-3H2,1H3. The van der Waals surface area contributed by atoms with Crippen molar-refractivity contribution in [2.75, 3.05) is 6.54 Å². The first-order valence-electron chi connectivity index (χ1n) is 4.19.